The number of aliphatic hydroxyl groups is 1. The van der Waals surface area contributed by atoms with Gasteiger partial charge in [-0.05, 0) is 26.7 Å². The van der Waals surface area contributed by atoms with E-state index in [0.29, 0.717) is 0 Å². The predicted octanol–water partition coefficient (Wildman–Crippen LogP) is 1.21. The molecule has 0 unspecified atom stereocenters. The summed E-state index contributed by atoms with van der Waals surface area (Å²) in [7, 11) is 0. The van der Waals surface area contributed by atoms with E-state index in [-0.39, 0.29) is 32.1 Å². The zero-order chi connectivity index (χ0) is 31.7. The quantitative estimate of drug-likeness (QED) is 0.131. The fraction of sp³-hybridized carbons (Fsp3) is 0.769. The molecule has 15 nitrogen and oxygen atoms in total. The van der Waals surface area contributed by atoms with Crippen molar-refractivity contribution in [3.05, 3.63) is 10.1 Å². The molecule has 1 fully saturated rings. The maximum atomic E-state index is 12.3. The summed E-state index contributed by atoms with van der Waals surface area (Å²) in [5.74, 6) is -5.83. The molecule has 41 heavy (non-hydrogen) atoms. The first-order valence-corrected chi connectivity index (χ1v) is 13.0. The Morgan fingerprint density at radius 3 is 1.68 bits per heavy atom. The zero-order valence-corrected chi connectivity index (χ0v) is 24.3. The van der Waals surface area contributed by atoms with Crippen LogP contribution in [0.3, 0.4) is 0 Å². The molecule has 1 aliphatic carbocycles. The van der Waals surface area contributed by atoms with Crippen LogP contribution in [0, 0.1) is 16.0 Å². The normalized spacial score (nSPS) is 24.9. The number of esters is 5. The molecule has 0 aromatic carbocycles. The number of hydrogen-bond donors (Lipinski definition) is 1. The highest BCUT2D eigenvalue weighted by Crippen LogP contribution is 2.44. The molecule has 0 aromatic heterocycles. The van der Waals surface area contributed by atoms with Crippen LogP contribution in [0.1, 0.15) is 80.6 Å². The second-order valence-corrected chi connectivity index (χ2v) is 10.5. The molecule has 15 heteroatoms. The van der Waals surface area contributed by atoms with Gasteiger partial charge in [-0.2, -0.15) is 0 Å². The summed E-state index contributed by atoms with van der Waals surface area (Å²) in [5, 5.41) is 23.0. The minimum atomic E-state index is -1.72. The van der Waals surface area contributed by atoms with Gasteiger partial charge in [0, 0.05) is 58.8 Å². The highest BCUT2D eigenvalue weighted by Gasteiger charge is 2.55. The summed E-state index contributed by atoms with van der Waals surface area (Å²) in [6, 6.07) is 0. The number of ether oxygens (including phenoxy) is 5. The molecule has 7 atom stereocenters. The van der Waals surface area contributed by atoms with E-state index in [1.807, 2.05) is 0 Å². The molecule has 1 aliphatic rings. The lowest BCUT2D eigenvalue weighted by Gasteiger charge is -2.42. The summed E-state index contributed by atoms with van der Waals surface area (Å²) in [5.41, 5.74) is -3.18. The van der Waals surface area contributed by atoms with E-state index >= 15 is 0 Å². The van der Waals surface area contributed by atoms with Crippen molar-refractivity contribution in [1.29, 1.82) is 0 Å². The minimum absolute atomic E-state index is 0.0587. The van der Waals surface area contributed by atoms with Crippen molar-refractivity contribution in [1.82, 2.24) is 0 Å². The van der Waals surface area contributed by atoms with E-state index in [2.05, 4.69) is 0 Å². The smallest absolute Gasteiger partial charge is 0.303 e. The van der Waals surface area contributed by atoms with Crippen LogP contribution in [0.2, 0.25) is 0 Å². The number of carbonyl (C=O) groups is 6. The fourth-order valence-corrected chi connectivity index (χ4v) is 5.04. The van der Waals surface area contributed by atoms with Crippen molar-refractivity contribution in [2.45, 2.75) is 116 Å². The third kappa shape index (κ3) is 10.7. The van der Waals surface area contributed by atoms with Crippen LogP contribution in [0.25, 0.3) is 0 Å². The highest BCUT2D eigenvalue weighted by atomic mass is 16.6. The first-order valence-electron chi connectivity index (χ1n) is 13.0. The average Bonchev–Trinajstić information content (AvgIpc) is 2.81. The molecule has 0 heterocycles. The van der Waals surface area contributed by atoms with Crippen LogP contribution in [-0.2, 0) is 52.5 Å². The SMILES string of the molecule is CC(=O)OC[C@@H](OC(C)=O)[C@H](OC(C)=O)[C@H](OC(C)=O)[C@H](CC[C@@]1([N+](=O)[O-])CC[C@@](C)(O)[C@@H](C(C)=O)C1)OC(C)=O. The second-order valence-electron chi connectivity index (χ2n) is 10.5. The lowest BCUT2D eigenvalue weighted by molar-refractivity contribution is -0.580. The van der Waals surface area contributed by atoms with Gasteiger partial charge in [-0.15, -0.1) is 0 Å². The number of Topliss-reactive ketones (excluding diaryl/α,β-unsaturated/α-hetero) is 1. The third-order valence-corrected chi connectivity index (χ3v) is 6.95. The first-order chi connectivity index (χ1) is 18.8. The Kier molecular flexibility index (Phi) is 12.8. The van der Waals surface area contributed by atoms with E-state index in [4.69, 9.17) is 23.7 Å². The van der Waals surface area contributed by atoms with Gasteiger partial charge in [0.2, 0.25) is 5.54 Å². The van der Waals surface area contributed by atoms with Gasteiger partial charge in [0.05, 0.1) is 11.5 Å². The molecule has 0 radical (unpaired) electrons. The lowest BCUT2D eigenvalue weighted by atomic mass is 9.65. The van der Waals surface area contributed by atoms with Crippen molar-refractivity contribution >= 4 is 35.6 Å². The van der Waals surface area contributed by atoms with Crippen LogP contribution in [0.5, 0.6) is 0 Å². The fourth-order valence-electron chi connectivity index (χ4n) is 5.04. The Balaban J connectivity index is 3.57. The van der Waals surface area contributed by atoms with Gasteiger partial charge >= 0.3 is 29.8 Å². The highest BCUT2D eigenvalue weighted by molar-refractivity contribution is 5.79. The Hall–Kier alpha value is -3.62. The lowest BCUT2D eigenvalue weighted by Crippen LogP contribution is -2.55. The van der Waals surface area contributed by atoms with Crippen LogP contribution >= 0.6 is 0 Å². The summed E-state index contributed by atoms with van der Waals surface area (Å²) < 4.78 is 26.2. The molecule has 1 N–H and O–H groups in total. The number of hydrogen-bond acceptors (Lipinski definition) is 14. The van der Waals surface area contributed by atoms with Crippen LogP contribution < -0.4 is 0 Å². The first kappa shape index (κ1) is 35.4. The van der Waals surface area contributed by atoms with Gasteiger partial charge in [-0.3, -0.25) is 38.9 Å². The number of ketones is 1. The molecular formula is C26H39NO14. The Labute approximate surface area is 237 Å². The van der Waals surface area contributed by atoms with E-state index in [9.17, 15) is 44.0 Å². The monoisotopic (exact) mass is 589 g/mol. The Bertz CT molecular complexity index is 1020. The van der Waals surface area contributed by atoms with E-state index < -0.39 is 88.6 Å². The molecular weight excluding hydrogens is 550 g/mol. The standard InChI is InChI=1S/C26H39NO14/c1-14(28)20-12-26(27(35)36,11-10-25(20,7)34)9-8-21(38-16(3)30)23(40-18(5)32)24(41-19(6)33)22(39-17(4)31)13-37-15(2)29/h20-24,34H,8-13H2,1-7H3/t20-,21+,22-,23-,24+,25-,26-/m1/s1. The van der Waals surface area contributed by atoms with Crippen molar-refractivity contribution in [3.63, 3.8) is 0 Å². The van der Waals surface area contributed by atoms with Gasteiger partial charge in [0.15, 0.2) is 18.3 Å². The summed E-state index contributed by atoms with van der Waals surface area (Å²) in [4.78, 5) is 83.7. The van der Waals surface area contributed by atoms with Crippen LogP contribution in [-0.4, -0.2) is 87.8 Å². The maximum absolute atomic E-state index is 12.3. The Morgan fingerprint density at radius 1 is 0.805 bits per heavy atom. The zero-order valence-electron chi connectivity index (χ0n) is 24.3. The molecule has 0 aromatic rings. The van der Waals surface area contributed by atoms with E-state index in [1.54, 1.807) is 0 Å². The van der Waals surface area contributed by atoms with Crippen LogP contribution in [0.4, 0.5) is 0 Å². The van der Waals surface area contributed by atoms with Gasteiger partial charge < -0.3 is 28.8 Å². The van der Waals surface area contributed by atoms with Crippen molar-refractivity contribution in [3.8, 4) is 0 Å². The summed E-state index contributed by atoms with van der Waals surface area (Å²) in [6.07, 6.45) is -7.46. The van der Waals surface area contributed by atoms with Crippen LogP contribution in [0.15, 0.2) is 0 Å². The maximum Gasteiger partial charge on any atom is 0.303 e. The predicted molar refractivity (Wildman–Crippen MR) is 136 cm³/mol. The molecule has 232 valence electrons. The number of nitro groups is 1. The molecule has 0 spiro atoms. The molecule has 0 saturated heterocycles. The van der Waals surface area contributed by atoms with E-state index in [1.165, 1.54) is 13.8 Å². The summed E-state index contributed by atoms with van der Waals surface area (Å²) in [6.45, 7) is 7.18. The van der Waals surface area contributed by atoms with Gasteiger partial charge in [-0.25, -0.2) is 0 Å². The largest absolute Gasteiger partial charge is 0.462 e. The van der Waals surface area contributed by atoms with Crippen molar-refractivity contribution in [2.24, 2.45) is 5.92 Å². The van der Waals surface area contributed by atoms with E-state index in [0.717, 1.165) is 34.6 Å². The number of carbonyl (C=O) groups excluding carboxylic acids is 6. The molecule has 1 saturated carbocycles. The minimum Gasteiger partial charge on any atom is -0.462 e. The average molecular weight is 590 g/mol. The molecule has 0 bridgehead atoms. The molecule has 0 amide bonds. The third-order valence-electron chi connectivity index (χ3n) is 6.95. The second kappa shape index (κ2) is 14.8. The Morgan fingerprint density at radius 2 is 1.27 bits per heavy atom. The van der Waals surface area contributed by atoms with Gasteiger partial charge in [0.1, 0.15) is 18.5 Å². The number of nitrogens with zero attached hydrogens (tertiary/aromatic N) is 1. The van der Waals surface area contributed by atoms with Crippen molar-refractivity contribution in [2.75, 3.05) is 6.61 Å². The molecule has 1 rings (SSSR count). The van der Waals surface area contributed by atoms with Gasteiger partial charge in [0.25, 0.3) is 0 Å². The van der Waals surface area contributed by atoms with Crippen molar-refractivity contribution < 1.29 is 62.5 Å². The number of rotatable bonds is 14. The molecule has 0 aliphatic heterocycles. The topological polar surface area (TPSA) is 212 Å². The van der Waals surface area contributed by atoms with Gasteiger partial charge in [-0.1, -0.05) is 0 Å². The summed E-state index contributed by atoms with van der Waals surface area (Å²) >= 11 is 0.